The molecule has 0 radical (unpaired) electrons. The summed E-state index contributed by atoms with van der Waals surface area (Å²) in [5.74, 6) is 1.84. The molecule has 1 amide bonds. The van der Waals surface area contributed by atoms with Crippen LogP contribution in [0.15, 0.2) is 73.1 Å². The van der Waals surface area contributed by atoms with E-state index < -0.39 is 0 Å². The van der Waals surface area contributed by atoms with Crippen LogP contribution in [0.5, 0.6) is 11.5 Å². The molecule has 0 atom stereocenters. The number of ether oxygens (including phenoxy) is 1. The van der Waals surface area contributed by atoms with E-state index in [1.165, 1.54) is 0 Å². The van der Waals surface area contributed by atoms with Gasteiger partial charge in [0.25, 0.3) is 5.91 Å². The summed E-state index contributed by atoms with van der Waals surface area (Å²) in [5, 5.41) is 0. The van der Waals surface area contributed by atoms with E-state index in [1.807, 2.05) is 48.5 Å². The van der Waals surface area contributed by atoms with E-state index in [0.717, 1.165) is 31.4 Å². The van der Waals surface area contributed by atoms with Gasteiger partial charge >= 0.3 is 0 Å². The Morgan fingerprint density at radius 1 is 0.889 bits per heavy atom. The summed E-state index contributed by atoms with van der Waals surface area (Å²) in [5.41, 5.74) is 0.362. The molecule has 2 aromatic heterocycles. The molecule has 1 saturated carbocycles. The van der Waals surface area contributed by atoms with E-state index in [2.05, 4.69) is 9.97 Å². The Labute approximate surface area is 158 Å². The SMILES string of the molecule is O=C(c1cc(Oc2ccccc2)ccn1)N(c1ccccn1)C1CCCC1. The fraction of sp³-hybridized carbons (Fsp3) is 0.227. The molecule has 1 aliphatic rings. The van der Waals surface area contributed by atoms with Gasteiger partial charge in [-0.05, 0) is 43.2 Å². The molecule has 0 saturated heterocycles. The number of para-hydroxylation sites is 1. The second-order valence-corrected chi connectivity index (χ2v) is 6.59. The number of aromatic nitrogens is 2. The number of carbonyl (C=O) groups excluding carboxylic acids is 1. The van der Waals surface area contributed by atoms with Crippen molar-refractivity contribution in [2.75, 3.05) is 4.90 Å². The van der Waals surface area contributed by atoms with E-state index in [-0.39, 0.29) is 11.9 Å². The Morgan fingerprint density at radius 2 is 1.67 bits per heavy atom. The van der Waals surface area contributed by atoms with Crippen LogP contribution < -0.4 is 9.64 Å². The molecular formula is C22H21N3O2. The quantitative estimate of drug-likeness (QED) is 0.653. The molecule has 3 aromatic rings. The third-order valence-corrected chi connectivity index (χ3v) is 4.73. The van der Waals surface area contributed by atoms with Crippen molar-refractivity contribution in [2.24, 2.45) is 0 Å². The summed E-state index contributed by atoms with van der Waals surface area (Å²) in [4.78, 5) is 23.8. The smallest absolute Gasteiger partial charge is 0.278 e. The predicted octanol–water partition coefficient (Wildman–Crippen LogP) is 4.86. The lowest BCUT2D eigenvalue weighted by Crippen LogP contribution is -2.40. The minimum atomic E-state index is -0.140. The number of hydrogen-bond acceptors (Lipinski definition) is 4. The van der Waals surface area contributed by atoms with Crippen molar-refractivity contribution in [3.63, 3.8) is 0 Å². The molecule has 4 rings (SSSR count). The van der Waals surface area contributed by atoms with Gasteiger partial charge in [-0.1, -0.05) is 37.1 Å². The first kappa shape index (κ1) is 17.2. The maximum absolute atomic E-state index is 13.3. The fourth-order valence-corrected chi connectivity index (χ4v) is 3.46. The molecule has 2 heterocycles. The van der Waals surface area contributed by atoms with E-state index in [9.17, 15) is 4.79 Å². The summed E-state index contributed by atoms with van der Waals surface area (Å²) < 4.78 is 5.85. The summed E-state index contributed by atoms with van der Waals surface area (Å²) in [6, 6.07) is 18.7. The molecule has 0 N–H and O–H groups in total. The molecule has 0 spiro atoms. The van der Waals surface area contributed by atoms with Gasteiger partial charge in [-0.2, -0.15) is 0 Å². The van der Waals surface area contributed by atoms with Crippen LogP contribution in [0.3, 0.4) is 0 Å². The third-order valence-electron chi connectivity index (χ3n) is 4.73. The summed E-state index contributed by atoms with van der Waals surface area (Å²) in [6.07, 6.45) is 7.56. The first-order valence-electron chi connectivity index (χ1n) is 9.25. The highest BCUT2D eigenvalue weighted by Gasteiger charge is 2.30. The van der Waals surface area contributed by atoms with Crippen LogP contribution in [0.25, 0.3) is 0 Å². The molecule has 0 unspecified atom stereocenters. The summed E-state index contributed by atoms with van der Waals surface area (Å²) >= 11 is 0. The van der Waals surface area contributed by atoms with Gasteiger partial charge in [-0.3, -0.25) is 14.7 Å². The number of anilines is 1. The standard InChI is InChI=1S/C22H21N3O2/c26-22(25(17-8-4-5-9-17)21-12-6-7-14-24-21)20-16-19(13-15-23-20)27-18-10-2-1-3-11-18/h1-3,6-7,10-17H,4-5,8-9H2. The van der Waals surface area contributed by atoms with Crippen LogP contribution in [0.4, 0.5) is 5.82 Å². The minimum Gasteiger partial charge on any atom is -0.457 e. The highest BCUT2D eigenvalue weighted by atomic mass is 16.5. The molecule has 0 aliphatic heterocycles. The molecule has 136 valence electrons. The molecule has 1 fully saturated rings. The molecule has 5 heteroatoms. The van der Waals surface area contributed by atoms with Crippen LogP contribution in [0, 0.1) is 0 Å². The molecule has 1 aliphatic carbocycles. The van der Waals surface area contributed by atoms with Gasteiger partial charge in [0, 0.05) is 24.5 Å². The Balaban J connectivity index is 1.62. The second kappa shape index (κ2) is 7.99. The van der Waals surface area contributed by atoms with Gasteiger partial charge in [0.15, 0.2) is 0 Å². The molecule has 27 heavy (non-hydrogen) atoms. The summed E-state index contributed by atoms with van der Waals surface area (Å²) in [6.45, 7) is 0. The Hall–Kier alpha value is -3.21. The first-order valence-corrected chi connectivity index (χ1v) is 9.25. The number of pyridine rings is 2. The van der Waals surface area contributed by atoms with Gasteiger partial charge < -0.3 is 4.74 Å². The lowest BCUT2D eigenvalue weighted by atomic mass is 10.2. The van der Waals surface area contributed by atoms with Crippen LogP contribution >= 0.6 is 0 Å². The maximum atomic E-state index is 13.3. The Kier molecular flexibility index (Phi) is 5.10. The van der Waals surface area contributed by atoms with Crippen LogP contribution in [-0.4, -0.2) is 21.9 Å². The minimum absolute atomic E-state index is 0.140. The molecule has 5 nitrogen and oxygen atoms in total. The predicted molar refractivity (Wildman–Crippen MR) is 104 cm³/mol. The monoisotopic (exact) mass is 359 g/mol. The number of carbonyl (C=O) groups is 1. The molecule has 0 bridgehead atoms. The van der Waals surface area contributed by atoms with Gasteiger partial charge in [-0.15, -0.1) is 0 Å². The van der Waals surface area contributed by atoms with E-state index in [4.69, 9.17) is 4.74 Å². The lowest BCUT2D eigenvalue weighted by Gasteiger charge is -2.27. The lowest BCUT2D eigenvalue weighted by molar-refractivity contribution is 0.0971. The maximum Gasteiger partial charge on any atom is 0.278 e. The average molecular weight is 359 g/mol. The number of hydrogen-bond donors (Lipinski definition) is 0. The highest BCUT2D eigenvalue weighted by molar-refractivity contribution is 6.04. The topological polar surface area (TPSA) is 55.3 Å². The van der Waals surface area contributed by atoms with Crippen molar-refractivity contribution in [1.82, 2.24) is 9.97 Å². The van der Waals surface area contributed by atoms with Gasteiger partial charge in [0.1, 0.15) is 23.0 Å². The Bertz CT molecular complexity index is 894. The average Bonchev–Trinajstić information content (AvgIpc) is 3.24. The van der Waals surface area contributed by atoms with Crippen LogP contribution in [-0.2, 0) is 0 Å². The van der Waals surface area contributed by atoms with E-state index in [1.54, 1.807) is 29.4 Å². The van der Waals surface area contributed by atoms with Crippen LogP contribution in [0.2, 0.25) is 0 Å². The van der Waals surface area contributed by atoms with Crippen molar-refractivity contribution in [2.45, 2.75) is 31.7 Å². The van der Waals surface area contributed by atoms with Crippen LogP contribution in [0.1, 0.15) is 36.2 Å². The number of nitrogens with zero attached hydrogens (tertiary/aromatic N) is 3. The van der Waals surface area contributed by atoms with Crippen molar-refractivity contribution in [1.29, 1.82) is 0 Å². The number of rotatable bonds is 5. The normalized spacial score (nSPS) is 14.1. The fourth-order valence-electron chi connectivity index (χ4n) is 3.46. The molecule has 1 aromatic carbocycles. The number of amides is 1. The highest BCUT2D eigenvalue weighted by Crippen LogP contribution is 2.29. The van der Waals surface area contributed by atoms with E-state index in [0.29, 0.717) is 17.3 Å². The first-order chi connectivity index (χ1) is 13.3. The van der Waals surface area contributed by atoms with Crippen molar-refractivity contribution in [3.8, 4) is 11.5 Å². The Morgan fingerprint density at radius 3 is 2.41 bits per heavy atom. The summed E-state index contributed by atoms with van der Waals surface area (Å²) in [7, 11) is 0. The van der Waals surface area contributed by atoms with Crippen molar-refractivity contribution >= 4 is 11.7 Å². The second-order valence-electron chi connectivity index (χ2n) is 6.59. The zero-order chi connectivity index (χ0) is 18.5. The number of benzene rings is 1. The zero-order valence-corrected chi connectivity index (χ0v) is 15.0. The van der Waals surface area contributed by atoms with Crippen molar-refractivity contribution in [3.05, 3.63) is 78.8 Å². The van der Waals surface area contributed by atoms with Gasteiger partial charge in [0.05, 0.1) is 0 Å². The van der Waals surface area contributed by atoms with Crippen molar-refractivity contribution < 1.29 is 9.53 Å². The van der Waals surface area contributed by atoms with E-state index >= 15 is 0 Å². The van der Waals surface area contributed by atoms with Gasteiger partial charge in [-0.25, -0.2) is 4.98 Å². The van der Waals surface area contributed by atoms with Gasteiger partial charge in [0.2, 0.25) is 0 Å². The largest absolute Gasteiger partial charge is 0.457 e. The zero-order valence-electron chi connectivity index (χ0n) is 15.0. The molecular weight excluding hydrogens is 338 g/mol. The third kappa shape index (κ3) is 3.97.